The molecule has 168 valence electrons. The van der Waals surface area contributed by atoms with E-state index < -0.39 is 15.8 Å². The Morgan fingerprint density at radius 1 is 0.906 bits per heavy atom. The quantitative estimate of drug-likeness (QED) is 0.448. The molecule has 0 aliphatic carbocycles. The molecule has 0 spiro atoms. The lowest BCUT2D eigenvalue weighted by atomic mass is 9.88. The number of likely N-dealkylation sites (tertiary alicyclic amines) is 1. The van der Waals surface area contributed by atoms with Gasteiger partial charge in [0.2, 0.25) is 10.0 Å². The van der Waals surface area contributed by atoms with Crippen LogP contribution in [0.1, 0.15) is 24.1 Å². The third-order valence-electron chi connectivity index (χ3n) is 6.14. The minimum atomic E-state index is -3.73. The zero-order chi connectivity index (χ0) is 23.0. The highest BCUT2D eigenvalue weighted by atomic mass is 35.5. The van der Waals surface area contributed by atoms with Crippen molar-refractivity contribution in [2.75, 3.05) is 13.6 Å². The van der Waals surface area contributed by atoms with Gasteiger partial charge in [-0.1, -0.05) is 47.5 Å². The van der Waals surface area contributed by atoms with Gasteiger partial charge in [0.05, 0.1) is 17.0 Å². The molecule has 0 bridgehead atoms. The Labute approximate surface area is 198 Å². The highest BCUT2D eigenvalue weighted by Crippen LogP contribution is 2.39. The summed E-state index contributed by atoms with van der Waals surface area (Å²) in [6.07, 6.45) is 0. The van der Waals surface area contributed by atoms with E-state index in [1.807, 2.05) is 55.5 Å². The molecule has 1 aliphatic rings. The molecule has 1 fully saturated rings. The highest BCUT2D eigenvalue weighted by molar-refractivity contribution is 7.89. The number of hydrogen-bond acceptors (Lipinski definition) is 3. The van der Waals surface area contributed by atoms with Crippen molar-refractivity contribution in [1.29, 1.82) is 0 Å². The summed E-state index contributed by atoms with van der Waals surface area (Å²) in [5.41, 5.74) is 2.12. The average molecular weight is 493 g/mol. The van der Waals surface area contributed by atoms with Gasteiger partial charge in [-0.3, -0.25) is 4.90 Å². The molecule has 32 heavy (non-hydrogen) atoms. The molecule has 4 nitrogen and oxygen atoms in total. The first-order valence-corrected chi connectivity index (χ1v) is 12.4. The van der Waals surface area contributed by atoms with E-state index in [4.69, 9.17) is 23.2 Å². The van der Waals surface area contributed by atoms with Gasteiger partial charge in [0, 0.05) is 29.7 Å². The predicted octanol–water partition coefficient (Wildman–Crippen LogP) is 5.62. The van der Waals surface area contributed by atoms with Gasteiger partial charge in [-0.25, -0.2) is 12.8 Å². The summed E-state index contributed by atoms with van der Waals surface area (Å²) in [7, 11) is -2.15. The van der Waals surface area contributed by atoms with Crippen molar-refractivity contribution >= 4 is 33.2 Å². The normalized spacial score (nSPS) is 19.3. The Hall–Kier alpha value is -1.96. The molecule has 0 N–H and O–H groups in total. The predicted molar refractivity (Wildman–Crippen MR) is 126 cm³/mol. The fourth-order valence-corrected chi connectivity index (χ4v) is 5.86. The van der Waals surface area contributed by atoms with E-state index in [2.05, 4.69) is 4.90 Å². The molecule has 0 radical (unpaired) electrons. The summed E-state index contributed by atoms with van der Waals surface area (Å²) < 4.78 is 40.8. The number of benzene rings is 3. The lowest BCUT2D eigenvalue weighted by Crippen LogP contribution is -2.66. The van der Waals surface area contributed by atoms with Crippen LogP contribution in [0.5, 0.6) is 0 Å². The number of likely N-dealkylation sites (N-methyl/N-ethyl adjacent to an activating group) is 1. The van der Waals surface area contributed by atoms with Crippen molar-refractivity contribution in [2.45, 2.75) is 29.9 Å². The van der Waals surface area contributed by atoms with Crippen LogP contribution in [0, 0.1) is 5.82 Å². The lowest BCUT2D eigenvalue weighted by Gasteiger charge is -2.53. The Balaban J connectivity index is 1.60. The third-order valence-corrected chi connectivity index (χ3v) is 8.54. The second-order valence-corrected chi connectivity index (χ2v) is 10.9. The largest absolute Gasteiger partial charge is 0.286 e. The summed E-state index contributed by atoms with van der Waals surface area (Å²) >= 11 is 12.2. The second-order valence-electron chi connectivity index (χ2n) is 7.99. The van der Waals surface area contributed by atoms with Gasteiger partial charge in [-0.2, -0.15) is 4.31 Å². The zero-order valence-electron chi connectivity index (χ0n) is 17.6. The molecule has 3 aromatic rings. The number of nitrogens with zero attached hydrogens (tertiary/aromatic N) is 2. The van der Waals surface area contributed by atoms with Crippen LogP contribution in [0.2, 0.25) is 10.0 Å². The number of hydrogen-bond donors (Lipinski definition) is 0. The van der Waals surface area contributed by atoms with Crippen LogP contribution in [-0.4, -0.2) is 43.3 Å². The fourth-order valence-electron chi connectivity index (χ4n) is 4.19. The smallest absolute Gasteiger partial charge is 0.243 e. The topological polar surface area (TPSA) is 40.6 Å². The van der Waals surface area contributed by atoms with E-state index in [-0.39, 0.29) is 23.0 Å². The molecule has 1 aliphatic heterocycles. The Bertz CT molecular complexity index is 1140. The monoisotopic (exact) mass is 492 g/mol. The van der Waals surface area contributed by atoms with Crippen LogP contribution in [0.3, 0.4) is 0 Å². The number of rotatable bonds is 6. The molecule has 8 heteroatoms. The van der Waals surface area contributed by atoms with Gasteiger partial charge in [0.25, 0.3) is 0 Å². The van der Waals surface area contributed by atoms with E-state index >= 15 is 0 Å². The Kier molecular flexibility index (Phi) is 6.61. The van der Waals surface area contributed by atoms with Crippen molar-refractivity contribution in [3.05, 3.63) is 99.8 Å². The summed E-state index contributed by atoms with van der Waals surface area (Å²) in [5.74, 6) is -0.469. The van der Waals surface area contributed by atoms with Crippen LogP contribution < -0.4 is 0 Å². The SMILES string of the molecule is CC1C(N(C)S(=O)(=O)c2ccc(F)cc2)CN1C(c1ccc(Cl)cc1)c1ccc(Cl)cc1. The summed E-state index contributed by atoms with van der Waals surface area (Å²) in [4.78, 5) is 2.34. The minimum Gasteiger partial charge on any atom is -0.286 e. The van der Waals surface area contributed by atoms with Gasteiger partial charge >= 0.3 is 0 Å². The first-order chi connectivity index (χ1) is 15.2. The van der Waals surface area contributed by atoms with Crippen LogP contribution in [0.4, 0.5) is 4.39 Å². The molecule has 3 aromatic carbocycles. The summed E-state index contributed by atoms with van der Waals surface area (Å²) in [5, 5.41) is 1.31. The van der Waals surface area contributed by atoms with E-state index in [0.717, 1.165) is 23.3 Å². The molecule has 0 aromatic heterocycles. The van der Waals surface area contributed by atoms with Crippen molar-refractivity contribution in [3.63, 3.8) is 0 Å². The molecule has 4 rings (SSSR count). The number of halogens is 3. The van der Waals surface area contributed by atoms with Crippen LogP contribution in [0.25, 0.3) is 0 Å². The van der Waals surface area contributed by atoms with E-state index in [9.17, 15) is 12.8 Å². The molecule has 0 amide bonds. The van der Waals surface area contributed by atoms with Gasteiger partial charge in [-0.15, -0.1) is 0 Å². The van der Waals surface area contributed by atoms with Crippen molar-refractivity contribution in [1.82, 2.24) is 9.21 Å². The van der Waals surface area contributed by atoms with Crippen molar-refractivity contribution in [2.24, 2.45) is 0 Å². The first kappa shape index (κ1) is 23.2. The van der Waals surface area contributed by atoms with E-state index in [1.54, 1.807) is 7.05 Å². The first-order valence-electron chi connectivity index (χ1n) is 10.2. The van der Waals surface area contributed by atoms with Crippen LogP contribution in [-0.2, 0) is 10.0 Å². The zero-order valence-corrected chi connectivity index (χ0v) is 19.9. The minimum absolute atomic E-state index is 0.0495. The molecular weight excluding hydrogens is 470 g/mol. The Morgan fingerprint density at radius 3 is 1.81 bits per heavy atom. The van der Waals surface area contributed by atoms with Gasteiger partial charge in [0.15, 0.2) is 0 Å². The highest BCUT2D eigenvalue weighted by Gasteiger charge is 2.46. The lowest BCUT2D eigenvalue weighted by molar-refractivity contribution is -0.00103. The second kappa shape index (κ2) is 9.12. The average Bonchev–Trinajstić information content (AvgIpc) is 2.77. The fraction of sp³-hybridized carbons (Fsp3) is 0.250. The molecule has 1 saturated heterocycles. The van der Waals surface area contributed by atoms with Gasteiger partial charge in [0.1, 0.15) is 5.82 Å². The van der Waals surface area contributed by atoms with E-state index in [1.165, 1.54) is 16.4 Å². The van der Waals surface area contributed by atoms with E-state index in [0.29, 0.717) is 16.6 Å². The van der Waals surface area contributed by atoms with Crippen molar-refractivity contribution in [3.8, 4) is 0 Å². The van der Waals surface area contributed by atoms with Crippen LogP contribution >= 0.6 is 23.2 Å². The summed E-state index contributed by atoms with van der Waals surface area (Å²) in [6.45, 7) is 2.57. The maximum Gasteiger partial charge on any atom is 0.243 e. The third kappa shape index (κ3) is 4.43. The molecule has 2 atom stereocenters. The van der Waals surface area contributed by atoms with Gasteiger partial charge < -0.3 is 0 Å². The molecular formula is C24H23Cl2FN2O2S. The summed E-state index contributed by atoms with van der Waals surface area (Å²) in [6, 6.07) is 19.9. The van der Waals surface area contributed by atoms with Crippen LogP contribution in [0.15, 0.2) is 77.7 Å². The molecule has 0 saturated carbocycles. The molecule has 2 unspecified atom stereocenters. The molecule has 1 heterocycles. The van der Waals surface area contributed by atoms with Crippen molar-refractivity contribution < 1.29 is 12.8 Å². The van der Waals surface area contributed by atoms with Gasteiger partial charge in [-0.05, 0) is 66.6 Å². The Morgan fingerprint density at radius 2 is 1.38 bits per heavy atom. The number of sulfonamides is 1. The standard InChI is InChI=1S/C24H23Cl2FN2O2S/c1-16-23(28(2)32(30,31)22-13-11-21(27)12-14-22)15-29(16)24(17-3-7-19(25)8-4-17)18-5-9-20(26)10-6-18/h3-14,16,23-24H,15H2,1-2H3. The maximum absolute atomic E-state index is 13.3. The maximum atomic E-state index is 13.3.